The van der Waals surface area contributed by atoms with E-state index in [9.17, 15) is 9.59 Å². The fraction of sp³-hybridized carbons (Fsp3) is 0.200. The zero-order valence-electron chi connectivity index (χ0n) is 17.3. The molecule has 2 aromatic rings. The predicted octanol–water partition coefficient (Wildman–Crippen LogP) is 5.15. The van der Waals surface area contributed by atoms with Crippen LogP contribution in [0, 0.1) is 0 Å². The van der Waals surface area contributed by atoms with E-state index in [4.69, 9.17) is 9.47 Å². The van der Waals surface area contributed by atoms with Crippen molar-refractivity contribution in [1.82, 2.24) is 5.32 Å². The van der Waals surface area contributed by atoms with Crippen molar-refractivity contribution in [3.63, 3.8) is 0 Å². The van der Waals surface area contributed by atoms with Gasteiger partial charge in [-0.2, -0.15) is 0 Å². The van der Waals surface area contributed by atoms with Crippen LogP contribution in [0.1, 0.15) is 41.3 Å². The molecule has 0 amide bonds. The average Bonchev–Trinajstić information content (AvgIpc) is 3.04. The zero-order chi connectivity index (χ0) is 22.1. The van der Waals surface area contributed by atoms with Crippen molar-refractivity contribution in [2.24, 2.45) is 0 Å². The molecule has 158 valence electrons. The molecule has 0 fully saturated rings. The number of halogens is 1. The summed E-state index contributed by atoms with van der Waals surface area (Å²) in [7, 11) is 0. The summed E-state index contributed by atoms with van der Waals surface area (Å²) in [5, 5.41) is 3.30. The molecule has 1 heterocycles. The fourth-order valence-electron chi connectivity index (χ4n) is 4.10. The Balaban J connectivity index is 1.87. The van der Waals surface area contributed by atoms with Gasteiger partial charge in [-0.05, 0) is 47.5 Å². The lowest BCUT2D eigenvalue weighted by Crippen LogP contribution is -2.29. The van der Waals surface area contributed by atoms with Crippen LogP contribution in [0.4, 0.5) is 0 Å². The number of nitrogens with one attached hydrogen (secondary N) is 1. The molecule has 1 atom stereocenters. The summed E-state index contributed by atoms with van der Waals surface area (Å²) < 4.78 is 11.7. The molecule has 0 aromatic heterocycles. The van der Waals surface area contributed by atoms with Crippen molar-refractivity contribution >= 4 is 33.4 Å². The van der Waals surface area contributed by atoms with E-state index in [-0.39, 0.29) is 12.4 Å². The Morgan fingerprint density at radius 1 is 1.23 bits per heavy atom. The van der Waals surface area contributed by atoms with Crippen molar-refractivity contribution < 1.29 is 19.1 Å². The molecule has 1 aliphatic carbocycles. The van der Waals surface area contributed by atoms with Crippen molar-refractivity contribution in [2.45, 2.75) is 19.8 Å². The van der Waals surface area contributed by atoms with Crippen LogP contribution in [0.15, 0.2) is 76.4 Å². The molecule has 0 spiro atoms. The van der Waals surface area contributed by atoms with E-state index in [1.54, 1.807) is 13.0 Å². The third-order valence-electron chi connectivity index (χ3n) is 5.39. The summed E-state index contributed by atoms with van der Waals surface area (Å²) in [4.78, 5) is 26.4. The van der Waals surface area contributed by atoms with Crippen LogP contribution in [0.2, 0.25) is 0 Å². The van der Waals surface area contributed by atoms with Gasteiger partial charge in [-0.15, -0.1) is 0 Å². The highest BCUT2D eigenvalue weighted by molar-refractivity contribution is 9.10. The molecule has 0 saturated heterocycles. The summed E-state index contributed by atoms with van der Waals surface area (Å²) >= 11 is 3.55. The zero-order valence-corrected chi connectivity index (χ0v) is 18.9. The summed E-state index contributed by atoms with van der Waals surface area (Å²) in [6, 6.07) is 13.1. The number of fused-ring (bicyclic) bond motifs is 2. The van der Waals surface area contributed by atoms with Crippen LogP contribution in [0.3, 0.4) is 0 Å². The SMILES string of the molecule is C=CCOc1ccc([C@@H]2C(C(=O)OCC)=C(C)NC3=C2C(=O)c2ccccc23)cc1Br. The number of carbonyl (C=O) groups excluding carboxylic acids is 2. The number of hydrogen-bond acceptors (Lipinski definition) is 5. The van der Waals surface area contributed by atoms with Crippen LogP contribution in [-0.2, 0) is 9.53 Å². The average molecular weight is 480 g/mol. The number of benzene rings is 2. The highest BCUT2D eigenvalue weighted by Gasteiger charge is 2.42. The third kappa shape index (κ3) is 3.61. The second-order valence-corrected chi connectivity index (χ2v) is 8.12. The smallest absolute Gasteiger partial charge is 0.336 e. The van der Waals surface area contributed by atoms with E-state index in [2.05, 4.69) is 27.8 Å². The maximum absolute atomic E-state index is 13.4. The highest BCUT2D eigenvalue weighted by atomic mass is 79.9. The van der Waals surface area contributed by atoms with Crippen molar-refractivity contribution in [1.29, 1.82) is 0 Å². The molecule has 0 bridgehead atoms. The second-order valence-electron chi connectivity index (χ2n) is 7.27. The van der Waals surface area contributed by atoms with E-state index in [0.717, 1.165) is 21.3 Å². The van der Waals surface area contributed by atoms with Crippen LogP contribution in [0.25, 0.3) is 5.70 Å². The number of dihydropyridines is 1. The lowest BCUT2D eigenvalue weighted by molar-refractivity contribution is -0.138. The lowest BCUT2D eigenvalue weighted by atomic mass is 9.80. The molecule has 4 rings (SSSR count). The molecule has 6 heteroatoms. The van der Waals surface area contributed by atoms with Crippen molar-refractivity contribution in [3.05, 3.63) is 93.1 Å². The van der Waals surface area contributed by atoms with Crippen LogP contribution in [-0.4, -0.2) is 25.0 Å². The molecule has 2 aliphatic rings. The number of allylic oxidation sites excluding steroid dienone is 2. The molecule has 0 unspecified atom stereocenters. The number of rotatable bonds is 6. The van der Waals surface area contributed by atoms with E-state index in [0.29, 0.717) is 34.8 Å². The molecular weight excluding hydrogens is 458 g/mol. The Morgan fingerprint density at radius 3 is 2.65 bits per heavy atom. The summed E-state index contributed by atoms with van der Waals surface area (Å²) in [5.41, 5.74) is 4.70. The summed E-state index contributed by atoms with van der Waals surface area (Å²) in [6.45, 7) is 7.90. The normalized spacial score (nSPS) is 17.1. The van der Waals surface area contributed by atoms with Gasteiger partial charge in [0.15, 0.2) is 5.78 Å². The first-order valence-electron chi connectivity index (χ1n) is 10.0. The van der Waals surface area contributed by atoms with Gasteiger partial charge in [0.25, 0.3) is 0 Å². The molecule has 5 nitrogen and oxygen atoms in total. The van der Waals surface area contributed by atoms with Gasteiger partial charge in [-0.1, -0.05) is 43.0 Å². The Morgan fingerprint density at radius 2 is 1.97 bits per heavy atom. The first-order chi connectivity index (χ1) is 15.0. The Bertz CT molecular complexity index is 1160. The standard InChI is InChI=1S/C25H22BrNO4/c1-4-12-31-19-11-10-15(13-18(19)26)21-20(25(29)30-5-2)14(3)27-23-16-8-6-7-9-17(16)24(28)22(21)23/h4,6-11,13,21,27H,1,5,12H2,2-3H3/t21-/m1/s1. The van der Waals surface area contributed by atoms with Gasteiger partial charge >= 0.3 is 5.97 Å². The number of carbonyl (C=O) groups is 2. The molecule has 0 radical (unpaired) electrons. The van der Waals surface area contributed by atoms with Gasteiger partial charge in [0.05, 0.1) is 22.3 Å². The first kappa shape index (κ1) is 21.1. The van der Waals surface area contributed by atoms with Gasteiger partial charge in [-0.3, -0.25) is 4.79 Å². The quantitative estimate of drug-likeness (QED) is 0.458. The summed E-state index contributed by atoms with van der Waals surface area (Å²) in [6.07, 6.45) is 1.67. The largest absolute Gasteiger partial charge is 0.488 e. The summed E-state index contributed by atoms with van der Waals surface area (Å²) in [5.74, 6) is -0.414. The van der Waals surface area contributed by atoms with Crippen LogP contribution >= 0.6 is 15.9 Å². The first-order valence-corrected chi connectivity index (χ1v) is 10.8. The molecule has 2 aromatic carbocycles. The highest BCUT2D eigenvalue weighted by Crippen LogP contribution is 2.47. The van der Waals surface area contributed by atoms with E-state index in [1.807, 2.05) is 49.4 Å². The van der Waals surface area contributed by atoms with Gasteiger partial charge < -0.3 is 14.8 Å². The Kier molecular flexibility index (Phi) is 5.83. The van der Waals surface area contributed by atoms with Gasteiger partial charge in [-0.25, -0.2) is 4.79 Å². The number of esters is 1. The van der Waals surface area contributed by atoms with E-state index >= 15 is 0 Å². The topological polar surface area (TPSA) is 64.6 Å². The molecule has 0 saturated carbocycles. The van der Waals surface area contributed by atoms with Crippen molar-refractivity contribution in [3.8, 4) is 5.75 Å². The van der Waals surface area contributed by atoms with Crippen LogP contribution < -0.4 is 10.1 Å². The number of ketones is 1. The maximum atomic E-state index is 13.4. The monoisotopic (exact) mass is 479 g/mol. The number of Topliss-reactive ketones (excluding diaryl/α,β-unsaturated/α-hetero) is 1. The lowest BCUT2D eigenvalue weighted by Gasteiger charge is -2.29. The van der Waals surface area contributed by atoms with Crippen LogP contribution in [0.5, 0.6) is 5.75 Å². The maximum Gasteiger partial charge on any atom is 0.336 e. The van der Waals surface area contributed by atoms with E-state index < -0.39 is 11.9 Å². The van der Waals surface area contributed by atoms with Gasteiger partial charge in [0.1, 0.15) is 12.4 Å². The number of ether oxygens (including phenoxy) is 2. The fourth-order valence-corrected chi connectivity index (χ4v) is 4.62. The Hall–Kier alpha value is -3.12. The van der Waals surface area contributed by atoms with Gasteiger partial charge in [0, 0.05) is 28.3 Å². The van der Waals surface area contributed by atoms with Gasteiger partial charge in [0.2, 0.25) is 0 Å². The second kappa shape index (κ2) is 8.55. The minimum atomic E-state index is -0.556. The molecular formula is C25H22BrNO4. The Labute approximate surface area is 189 Å². The molecule has 1 aliphatic heterocycles. The third-order valence-corrected chi connectivity index (χ3v) is 6.01. The van der Waals surface area contributed by atoms with E-state index in [1.165, 1.54) is 0 Å². The predicted molar refractivity (Wildman–Crippen MR) is 123 cm³/mol. The number of hydrogen-bond donors (Lipinski definition) is 1. The molecule has 1 N–H and O–H groups in total. The molecule has 31 heavy (non-hydrogen) atoms. The van der Waals surface area contributed by atoms with Crippen molar-refractivity contribution in [2.75, 3.05) is 13.2 Å². The minimum Gasteiger partial charge on any atom is -0.488 e. The minimum absolute atomic E-state index is 0.0829.